The van der Waals surface area contributed by atoms with Crippen LogP contribution in [0.1, 0.15) is 30.9 Å². The molecule has 4 nitrogen and oxygen atoms in total. The van der Waals surface area contributed by atoms with Gasteiger partial charge in [-0.2, -0.15) is 0 Å². The molecule has 0 bridgehead atoms. The molecular formula is C16H18BrN3O. The number of hydrogen-bond acceptors (Lipinski definition) is 2. The second-order valence-corrected chi connectivity index (χ2v) is 6.40. The van der Waals surface area contributed by atoms with Gasteiger partial charge in [-0.15, -0.1) is 0 Å². The van der Waals surface area contributed by atoms with Crippen molar-refractivity contribution in [2.24, 2.45) is 0 Å². The molecule has 1 saturated carbocycles. The van der Waals surface area contributed by atoms with Gasteiger partial charge < -0.3 is 9.88 Å². The summed E-state index contributed by atoms with van der Waals surface area (Å²) >= 11 is 3.43. The van der Waals surface area contributed by atoms with Gasteiger partial charge in [0.25, 0.3) is 0 Å². The molecule has 1 aromatic carbocycles. The van der Waals surface area contributed by atoms with Gasteiger partial charge in [0.1, 0.15) is 0 Å². The van der Waals surface area contributed by atoms with Crippen LogP contribution >= 0.6 is 15.9 Å². The average molecular weight is 348 g/mol. The number of aromatic nitrogens is 2. The van der Waals surface area contributed by atoms with Crippen molar-refractivity contribution in [2.45, 2.75) is 37.8 Å². The van der Waals surface area contributed by atoms with Gasteiger partial charge >= 0.3 is 0 Å². The third kappa shape index (κ3) is 3.53. The molecule has 21 heavy (non-hydrogen) atoms. The highest BCUT2D eigenvalue weighted by Gasteiger charge is 2.29. The third-order valence-corrected chi connectivity index (χ3v) is 4.48. The second kappa shape index (κ2) is 6.43. The fraction of sp³-hybridized carbons (Fsp3) is 0.375. The lowest BCUT2D eigenvalue weighted by Crippen LogP contribution is -2.38. The smallest absolute Gasteiger partial charge is 0.224 e. The Balaban J connectivity index is 1.62. The Morgan fingerprint density at radius 1 is 1.43 bits per heavy atom. The summed E-state index contributed by atoms with van der Waals surface area (Å²) in [7, 11) is 0. The van der Waals surface area contributed by atoms with Crippen molar-refractivity contribution in [3.8, 4) is 0 Å². The van der Waals surface area contributed by atoms with Crippen molar-refractivity contribution in [3.63, 3.8) is 0 Å². The Kier molecular flexibility index (Phi) is 4.39. The van der Waals surface area contributed by atoms with Crippen LogP contribution in [0.15, 0.2) is 47.5 Å². The standard InChI is InChI=1S/C16H18BrN3O/c17-13-4-1-3-12(9-13)10-16(21)19-14-5-2-6-15(14)20-8-7-18-11-20/h1,3-4,7-9,11,14-15H,2,5-6,10H2,(H,19,21). The van der Waals surface area contributed by atoms with Crippen LogP contribution in [0.25, 0.3) is 0 Å². The predicted octanol–water partition coefficient (Wildman–Crippen LogP) is 3.10. The van der Waals surface area contributed by atoms with E-state index in [0.29, 0.717) is 12.5 Å². The molecule has 0 radical (unpaired) electrons. The Hall–Kier alpha value is -1.62. The summed E-state index contributed by atoms with van der Waals surface area (Å²) in [6.45, 7) is 0. The number of imidazole rings is 1. The van der Waals surface area contributed by atoms with Crippen molar-refractivity contribution in [3.05, 3.63) is 53.0 Å². The first-order chi connectivity index (χ1) is 10.2. The molecule has 1 amide bonds. The Bertz CT molecular complexity index is 612. The van der Waals surface area contributed by atoms with E-state index >= 15 is 0 Å². The van der Waals surface area contributed by atoms with Gasteiger partial charge in [-0.05, 0) is 37.0 Å². The zero-order valence-corrected chi connectivity index (χ0v) is 13.3. The molecule has 1 aromatic heterocycles. The van der Waals surface area contributed by atoms with E-state index in [0.717, 1.165) is 29.3 Å². The summed E-state index contributed by atoms with van der Waals surface area (Å²) in [4.78, 5) is 16.3. The highest BCUT2D eigenvalue weighted by Crippen LogP contribution is 2.29. The summed E-state index contributed by atoms with van der Waals surface area (Å²) in [5.74, 6) is 0.0881. The molecular weight excluding hydrogens is 330 g/mol. The van der Waals surface area contributed by atoms with Crippen molar-refractivity contribution in [1.29, 1.82) is 0 Å². The number of amides is 1. The fourth-order valence-electron chi connectivity index (χ4n) is 3.02. The summed E-state index contributed by atoms with van der Waals surface area (Å²) in [6, 6.07) is 8.43. The molecule has 1 N–H and O–H groups in total. The largest absolute Gasteiger partial charge is 0.351 e. The summed E-state index contributed by atoms with van der Waals surface area (Å²) < 4.78 is 3.11. The second-order valence-electron chi connectivity index (χ2n) is 5.49. The first-order valence-electron chi connectivity index (χ1n) is 7.23. The molecule has 0 spiro atoms. The van der Waals surface area contributed by atoms with Crippen LogP contribution in [-0.4, -0.2) is 21.5 Å². The highest BCUT2D eigenvalue weighted by molar-refractivity contribution is 9.10. The lowest BCUT2D eigenvalue weighted by Gasteiger charge is -2.22. The number of hydrogen-bond donors (Lipinski definition) is 1. The molecule has 2 atom stereocenters. The van der Waals surface area contributed by atoms with E-state index in [1.165, 1.54) is 0 Å². The topological polar surface area (TPSA) is 46.9 Å². The van der Waals surface area contributed by atoms with Crippen molar-refractivity contribution >= 4 is 21.8 Å². The number of rotatable bonds is 4. The normalized spacial score (nSPS) is 21.4. The first kappa shape index (κ1) is 14.3. The molecule has 1 aliphatic carbocycles. The van der Waals surface area contributed by atoms with Crippen LogP contribution in [0.4, 0.5) is 0 Å². The fourth-order valence-corrected chi connectivity index (χ4v) is 3.47. The minimum absolute atomic E-state index is 0.0881. The SMILES string of the molecule is O=C(Cc1cccc(Br)c1)NC1CCCC1n1ccnc1. The van der Waals surface area contributed by atoms with Crippen LogP contribution in [-0.2, 0) is 11.2 Å². The Labute approximate surface area is 132 Å². The molecule has 5 heteroatoms. The molecule has 2 unspecified atom stereocenters. The monoisotopic (exact) mass is 347 g/mol. The summed E-state index contributed by atoms with van der Waals surface area (Å²) in [5, 5.41) is 3.18. The predicted molar refractivity (Wildman–Crippen MR) is 84.9 cm³/mol. The van der Waals surface area contributed by atoms with Crippen molar-refractivity contribution in [2.75, 3.05) is 0 Å². The van der Waals surface area contributed by atoms with Gasteiger partial charge in [0.15, 0.2) is 0 Å². The molecule has 0 saturated heterocycles. The molecule has 2 aromatic rings. The summed E-state index contributed by atoms with van der Waals surface area (Å²) in [5.41, 5.74) is 1.03. The number of benzene rings is 1. The van der Waals surface area contributed by atoms with E-state index in [1.807, 2.05) is 36.8 Å². The molecule has 3 rings (SSSR count). The number of nitrogens with one attached hydrogen (secondary N) is 1. The van der Waals surface area contributed by atoms with E-state index in [2.05, 4.69) is 30.8 Å². The van der Waals surface area contributed by atoms with Crippen molar-refractivity contribution in [1.82, 2.24) is 14.9 Å². The zero-order chi connectivity index (χ0) is 14.7. The van der Waals surface area contributed by atoms with Gasteiger partial charge in [-0.25, -0.2) is 4.98 Å². The number of nitrogens with zero attached hydrogens (tertiary/aromatic N) is 2. The van der Waals surface area contributed by atoms with Gasteiger partial charge in [0.2, 0.25) is 5.91 Å². The van der Waals surface area contributed by atoms with Gasteiger partial charge in [0, 0.05) is 22.9 Å². The minimum Gasteiger partial charge on any atom is -0.351 e. The van der Waals surface area contributed by atoms with Gasteiger partial charge in [-0.3, -0.25) is 4.79 Å². The molecule has 0 aliphatic heterocycles. The van der Waals surface area contributed by atoms with E-state index < -0.39 is 0 Å². The van der Waals surface area contributed by atoms with Crippen molar-refractivity contribution < 1.29 is 4.79 Å². The quantitative estimate of drug-likeness (QED) is 0.923. The maximum absolute atomic E-state index is 12.2. The highest BCUT2D eigenvalue weighted by atomic mass is 79.9. The van der Waals surface area contributed by atoms with E-state index in [1.54, 1.807) is 6.20 Å². The minimum atomic E-state index is 0.0881. The summed E-state index contributed by atoms with van der Waals surface area (Å²) in [6.07, 6.45) is 9.30. The molecule has 110 valence electrons. The molecule has 1 aliphatic rings. The average Bonchev–Trinajstić information content (AvgIpc) is 3.08. The zero-order valence-electron chi connectivity index (χ0n) is 11.7. The number of carbonyl (C=O) groups excluding carboxylic acids is 1. The lowest BCUT2D eigenvalue weighted by molar-refractivity contribution is -0.121. The first-order valence-corrected chi connectivity index (χ1v) is 8.03. The van der Waals surface area contributed by atoms with Gasteiger partial charge in [0.05, 0.1) is 18.8 Å². The number of halogens is 1. The van der Waals surface area contributed by atoms with E-state index in [-0.39, 0.29) is 11.9 Å². The van der Waals surface area contributed by atoms with Gasteiger partial charge in [-0.1, -0.05) is 28.1 Å². The maximum Gasteiger partial charge on any atom is 0.224 e. The van der Waals surface area contributed by atoms with Crippen LogP contribution in [0.5, 0.6) is 0 Å². The van der Waals surface area contributed by atoms with Crippen LogP contribution < -0.4 is 5.32 Å². The maximum atomic E-state index is 12.2. The van der Waals surface area contributed by atoms with E-state index in [9.17, 15) is 4.79 Å². The van der Waals surface area contributed by atoms with Crippen LogP contribution in [0, 0.1) is 0 Å². The van der Waals surface area contributed by atoms with E-state index in [4.69, 9.17) is 0 Å². The molecule has 1 fully saturated rings. The number of carbonyl (C=O) groups is 1. The third-order valence-electron chi connectivity index (χ3n) is 3.99. The van der Waals surface area contributed by atoms with Crippen LogP contribution in [0.3, 0.4) is 0 Å². The molecule has 1 heterocycles. The lowest BCUT2D eigenvalue weighted by atomic mass is 10.1. The Morgan fingerprint density at radius 3 is 3.10 bits per heavy atom. The Morgan fingerprint density at radius 2 is 2.33 bits per heavy atom. The van der Waals surface area contributed by atoms with Crippen LogP contribution in [0.2, 0.25) is 0 Å².